The summed E-state index contributed by atoms with van der Waals surface area (Å²) in [5.74, 6) is 1.32. The molecule has 1 amide bonds. The van der Waals surface area contributed by atoms with Crippen molar-refractivity contribution in [1.82, 2.24) is 9.97 Å². The van der Waals surface area contributed by atoms with Gasteiger partial charge in [0.25, 0.3) is 5.56 Å². The Labute approximate surface area is 159 Å². The van der Waals surface area contributed by atoms with Crippen LogP contribution in [0.1, 0.15) is 30.2 Å². The molecule has 1 aromatic heterocycles. The van der Waals surface area contributed by atoms with Crippen molar-refractivity contribution >= 4 is 46.7 Å². The lowest BCUT2D eigenvalue weighted by atomic mass is 10.2. The molecule has 8 heteroatoms. The lowest BCUT2D eigenvalue weighted by molar-refractivity contribution is -0.115. The van der Waals surface area contributed by atoms with E-state index >= 15 is 0 Å². The van der Waals surface area contributed by atoms with E-state index in [1.54, 1.807) is 23.9 Å². The number of aromatic amines is 1. The zero-order valence-corrected chi connectivity index (χ0v) is 16.3. The highest BCUT2D eigenvalue weighted by Gasteiger charge is 2.23. The van der Waals surface area contributed by atoms with Crippen LogP contribution in [0.4, 0.5) is 5.69 Å². The molecule has 1 atom stereocenters. The number of carbonyl (C=O) groups is 1. The molecule has 1 aliphatic rings. The molecule has 2 aromatic rings. The molecule has 1 aromatic carbocycles. The first-order valence-electron chi connectivity index (χ1n) is 7.92. The summed E-state index contributed by atoms with van der Waals surface area (Å²) in [6, 6.07) is 5.41. The zero-order chi connectivity index (χ0) is 18.0. The lowest BCUT2D eigenvalue weighted by Crippen LogP contribution is -2.26. The number of H-pyrrole nitrogens is 1. The fraction of sp³-hybridized carbons (Fsp3) is 0.353. The van der Waals surface area contributed by atoms with Crippen LogP contribution in [-0.4, -0.2) is 21.1 Å². The van der Waals surface area contributed by atoms with Crippen LogP contribution in [0.25, 0.3) is 0 Å². The van der Waals surface area contributed by atoms with Gasteiger partial charge in [-0.1, -0.05) is 36.4 Å². The van der Waals surface area contributed by atoms with E-state index in [2.05, 4.69) is 15.3 Å². The number of aromatic nitrogens is 2. The summed E-state index contributed by atoms with van der Waals surface area (Å²) in [6.07, 6.45) is 0.617. The predicted molar refractivity (Wildman–Crippen MR) is 105 cm³/mol. The van der Waals surface area contributed by atoms with Gasteiger partial charge in [0.2, 0.25) is 5.91 Å². The highest BCUT2D eigenvalue weighted by atomic mass is 35.5. The minimum atomic E-state index is -0.353. The van der Waals surface area contributed by atoms with E-state index in [1.165, 1.54) is 11.8 Å². The molecule has 0 radical (unpaired) electrons. The third-order valence-corrected chi connectivity index (χ3v) is 6.64. The van der Waals surface area contributed by atoms with Gasteiger partial charge in [-0.3, -0.25) is 9.59 Å². The average Bonchev–Trinajstić information content (AvgIpc) is 3.06. The standard InChI is InChI=1S/C17H18ClN3O2S2/c1-3-14(16(23)19-12-6-4-5-11(18)9(12)2)25-17-20-13-8-24-7-10(13)15(22)21-17/h4-6,14H,3,7-8H2,1-2H3,(H,19,23)(H,20,21,22). The van der Waals surface area contributed by atoms with Crippen LogP contribution < -0.4 is 10.9 Å². The lowest BCUT2D eigenvalue weighted by Gasteiger charge is -2.16. The third-order valence-electron chi connectivity index (χ3n) is 4.01. The van der Waals surface area contributed by atoms with E-state index in [0.717, 1.165) is 22.6 Å². The third kappa shape index (κ3) is 4.04. The predicted octanol–water partition coefficient (Wildman–Crippen LogP) is 3.99. The number of hydrogen-bond donors (Lipinski definition) is 2. The van der Waals surface area contributed by atoms with Crippen molar-refractivity contribution < 1.29 is 4.79 Å². The Morgan fingerprint density at radius 1 is 1.48 bits per heavy atom. The maximum absolute atomic E-state index is 12.6. The number of hydrogen-bond acceptors (Lipinski definition) is 5. The Kier molecular flexibility index (Phi) is 5.76. The first kappa shape index (κ1) is 18.4. The number of amides is 1. The maximum Gasteiger partial charge on any atom is 0.255 e. The Bertz CT molecular complexity index is 869. The second kappa shape index (κ2) is 7.85. The molecule has 25 heavy (non-hydrogen) atoms. The summed E-state index contributed by atoms with van der Waals surface area (Å²) >= 11 is 9.07. The van der Waals surface area contributed by atoms with Crippen molar-refractivity contribution in [2.24, 2.45) is 0 Å². The van der Waals surface area contributed by atoms with Crippen LogP contribution in [0.15, 0.2) is 28.2 Å². The summed E-state index contributed by atoms with van der Waals surface area (Å²) in [5, 5.41) is 3.68. The fourth-order valence-corrected chi connectivity index (χ4v) is 4.64. The molecule has 2 N–H and O–H groups in total. The Balaban J connectivity index is 1.76. The quantitative estimate of drug-likeness (QED) is 0.591. The van der Waals surface area contributed by atoms with E-state index in [1.807, 2.05) is 19.9 Å². The van der Waals surface area contributed by atoms with Gasteiger partial charge in [-0.15, -0.1) is 0 Å². The van der Waals surface area contributed by atoms with Gasteiger partial charge in [0.1, 0.15) is 0 Å². The van der Waals surface area contributed by atoms with Crippen LogP contribution in [0.2, 0.25) is 5.02 Å². The Morgan fingerprint density at radius 2 is 2.28 bits per heavy atom. The van der Waals surface area contributed by atoms with Crippen molar-refractivity contribution in [2.45, 2.75) is 42.2 Å². The molecule has 5 nitrogen and oxygen atoms in total. The van der Waals surface area contributed by atoms with Crippen molar-refractivity contribution in [3.8, 4) is 0 Å². The van der Waals surface area contributed by atoms with Crippen LogP contribution in [0, 0.1) is 6.92 Å². The largest absolute Gasteiger partial charge is 0.325 e. The van der Waals surface area contributed by atoms with Gasteiger partial charge in [0.05, 0.1) is 10.9 Å². The normalized spacial score (nSPS) is 14.2. The highest BCUT2D eigenvalue weighted by Crippen LogP contribution is 2.29. The number of fused-ring (bicyclic) bond motifs is 1. The number of rotatable bonds is 5. The average molecular weight is 396 g/mol. The zero-order valence-electron chi connectivity index (χ0n) is 13.9. The molecule has 1 unspecified atom stereocenters. The molecule has 2 heterocycles. The second-order valence-corrected chi connectivity index (χ2v) is 8.29. The fourth-order valence-electron chi connectivity index (χ4n) is 2.51. The smallest absolute Gasteiger partial charge is 0.255 e. The summed E-state index contributed by atoms with van der Waals surface area (Å²) < 4.78 is 0. The first-order chi connectivity index (χ1) is 12.0. The number of nitrogens with one attached hydrogen (secondary N) is 2. The van der Waals surface area contributed by atoms with Crippen molar-refractivity contribution in [1.29, 1.82) is 0 Å². The molecule has 3 rings (SSSR count). The van der Waals surface area contributed by atoms with Crippen LogP contribution >= 0.6 is 35.1 Å². The van der Waals surface area contributed by atoms with Crippen molar-refractivity contribution in [2.75, 3.05) is 5.32 Å². The van der Waals surface area contributed by atoms with E-state index in [-0.39, 0.29) is 16.7 Å². The number of halogens is 1. The van der Waals surface area contributed by atoms with Crippen LogP contribution in [-0.2, 0) is 16.3 Å². The molecule has 1 aliphatic heterocycles. The van der Waals surface area contributed by atoms with Gasteiger partial charge in [-0.2, -0.15) is 11.8 Å². The molecule has 0 aliphatic carbocycles. The number of benzene rings is 1. The molecule has 0 fully saturated rings. The summed E-state index contributed by atoms with van der Waals surface area (Å²) in [7, 11) is 0. The van der Waals surface area contributed by atoms with Gasteiger partial charge < -0.3 is 10.3 Å². The number of thioether (sulfide) groups is 2. The molecular formula is C17H18ClN3O2S2. The van der Waals surface area contributed by atoms with Gasteiger partial charge >= 0.3 is 0 Å². The number of nitrogens with zero attached hydrogens (tertiary/aromatic N) is 1. The maximum atomic E-state index is 12.6. The highest BCUT2D eigenvalue weighted by molar-refractivity contribution is 8.00. The number of anilines is 1. The van der Waals surface area contributed by atoms with E-state index in [9.17, 15) is 9.59 Å². The van der Waals surface area contributed by atoms with Crippen molar-refractivity contribution in [3.63, 3.8) is 0 Å². The minimum absolute atomic E-state index is 0.0987. The molecule has 0 spiro atoms. The van der Waals surface area contributed by atoms with Crippen LogP contribution in [0.5, 0.6) is 0 Å². The molecule has 0 saturated heterocycles. The molecule has 0 bridgehead atoms. The monoisotopic (exact) mass is 395 g/mol. The molecular weight excluding hydrogens is 378 g/mol. The number of carbonyl (C=O) groups excluding carboxylic acids is 1. The van der Waals surface area contributed by atoms with Crippen molar-refractivity contribution in [3.05, 3.63) is 50.4 Å². The first-order valence-corrected chi connectivity index (χ1v) is 10.3. The van der Waals surface area contributed by atoms with Gasteiger partial charge in [0.15, 0.2) is 5.16 Å². The Hall–Kier alpha value is -1.44. The summed E-state index contributed by atoms with van der Waals surface area (Å²) in [4.78, 5) is 32.0. The summed E-state index contributed by atoms with van der Waals surface area (Å²) in [6.45, 7) is 3.80. The molecule has 132 valence electrons. The van der Waals surface area contributed by atoms with Gasteiger partial charge in [-0.05, 0) is 31.0 Å². The summed E-state index contributed by atoms with van der Waals surface area (Å²) in [5.41, 5.74) is 3.01. The SMILES string of the molecule is CCC(Sc1nc2c(c(=O)[nH]1)CSC2)C(=O)Nc1cccc(Cl)c1C. The Morgan fingerprint density at radius 3 is 3.04 bits per heavy atom. The van der Waals surface area contributed by atoms with E-state index in [0.29, 0.717) is 28.0 Å². The van der Waals surface area contributed by atoms with Gasteiger partial charge in [0, 0.05) is 27.8 Å². The van der Waals surface area contributed by atoms with E-state index in [4.69, 9.17) is 11.6 Å². The minimum Gasteiger partial charge on any atom is -0.325 e. The van der Waals surface area contributed by atoms with E-state index < -0.39 is 0 Å². The second-order valence-electron chi connectivity index (χ2n) is 5.71. The van der Waals surface area contributed by atoms with Gasteiger partial charge in [-0.25, -0.2) is 4.98 Å². The molecule has 0 saturated carbocycles. The topological polar surface area (TPSA) is 74.8 Å². The van der Waals surface area contributed by atoms with Crippen LogP contribution in [0.3, 0.4) is 0 Å².